The largest absolute Gasteiger partial charge is 0.369 e. The van der Waals surface area contributed by atoms with Crippen molar-refractivity contribution in [3.63, 3.8) is 0 Å². The molecule has 0 radical (unpaired) electrons. The zero-order valence-corrected chi connectivity index (χ0v) is 18.9. The van der Waals surface area contributed by atoms with Crippen LogP contribution < -0.4 is 15.5 Å². The Balaban J connectivity index is 1.23. The lowest BCUT2D eigenvalue weighted by Gasteiger charge is -2.31. The van der Waals surface area contributed by atoms with E-state index in [0.29, 0.717) is 12.0 Å². The maximum Gasteiger partial charge on any atom is 0.191 e. The minimum absolute atomic E-state index is 0.454. The molecule has 0 saturated carbocycles. The second-order valence-electron chi connectivity index (χ2n) is 8.43. The van der Waals surface area contributed by atoms with E-state index < -0.39 is 0 Å². The van der Waals surface area contributed by atoms with Crippen molar-refractivity contribution in [2.45, 2.75) is 38.8 Å². The molecule has 2 aromatic rings. The van der Waals surface area contributed by atoms with Crippen LogP contribution in [0.4, 0.5) is 5.69 Å². The number of guanidine groups is 1. The van der Waals surface area contributed by atoms with E-state index in [2.05, 4.69) is 75.2 Å². The SMILES string of the molecule is CCNC(=NCC1CCN(Cc2cccs2)CC1)NC1CCN(c2ccccc2)C1. The van der Waals surface area contributed by atoms with Crippen LogP contribution >= 0.6 is 11.3 Å². The van der Waals surface area contributed by atoms with Crippen LogP contribution in [-0.2, 0) is 6.54 Å². The summed E-state index contributed by atoms with van der Waals surface area (Å²) in [5.74, 6) is 1.68. The molecule has 6 heteroatoms. The van der Waals surface area contributed by atoms with E-state index in [1.165, 1.54) is 36.5 Å². The van der Waals surface area contributed by atoms with E-state index in [0.717, 1.165) is 45.1 Å². The number of rotatable bonds is 7. The Morgan fingerprint density at radius 1 is 1.07 bits per heavy atom. The summed E-state index contributed by atoms with van der Waals surface area (Å²) < 4.78 is 0. The molecule has 2 aliphatic rings. The number of nitrogens with zero attached hydrogens (tertiary/aromatic N) is 3. The van der Waals surface area contributed by atoms with Gasteiger partial charge in [0.15, 0.2) is 5.96 Å². The molecule has 0 aliphatic carbocycles. The molecule has 0 spiro atoms. The summed E-state index contributed by atoms with van der Waals surface area (Å²) in [6.07, 6.45) is 3.65. The molecule has 0 amide bonds. The predicted octanol–water partition coefficient (Wildman–Crippen LogP) is 3.79. The van der Waals surface area contributed by atoms with Crippen molar-refractivity contribution in [1.82, 2.24) is 15.5 Å². The molecule has 4 rings (SSSR count). The van der Waals surface area contributed by atoms with E-state index in [-0.39, 0.29) is 0 Å². The molecule has 162 valence electrons. The quantitative estimate of drug-likeness (QED) is 0.523. The average Bonchev–Trinajstić information content (AvgIpc) is 3.46. The minimum atomic E-state index is 0.454. The van der Waals surface area contributed by atoms with E-state index in [1.54, 1.807) is 0 Å². The number of likely N-dealkylation sites (tertiary alicyclic amines) is 1. The van der Waals surface area contributed by atoms with Gasteiger partial charge in [-0.2, -0.15) is 0 Å². The number of para-hydroxylation sites is 1. The Hall–Kier alpha value is -2.05. The number of thiophene rings is 1. The van der Waals surface area contributed by atoms with Gasteiger partial charge in [0.05, 0.1) is 0 Å². The van der Waals surface area contributed by atoms with Crippen molar-refractivity contribution >= 4 is 23.0 Å². The Kier molecular flexibility index (Phi) is 7.65. The first-order valence-electron chi connectivity index (χ1n) is 11.4. The number of benzene rings is 1. The molecule has 5 nitrogen and oxygen atoms in total. The lowest BCUT2D eigenvalue weighted by atomic mass is 9.97. The van der Waals surface area contributed by atoms with Crippen LogP contribution in [-0.4, -0.2) is 56.2 Å². The van der Waals surface area contributed by atoms with Crippen molar-refractivity contribution in [1.29, 1.82) is 0 Å². The minimum Gasteiger partial charge on any atom is -0.369 e. The molecule has 30 heavy (non-hydrogen) atoms. The van der Waals surface area contributed by atoms with Gasteiger partial charge in [-0.25, -0.2) is 0 Å². The number of hydrogen-bond acceptors (Lipinski definition) is 4. The average molecular weight is 426 g/mol. The Morgan fingerprint density at radius 2 is 1.90 bits per heavy atom. The van der Waals surface area contributed by atoms with Gasteiger partial charge in [0, 0.05) is 49.3 Å². The molecule has 2 aliphatic heterocycles. The number of piperidine rings is 1. The molecule has 1 aromatic heterocycles. The molecular formula is C24H35N5S. The Bertz CT molecular complexity index is 768. The third-order valence-corrected chi connectivity index (χ3v) is 7.03. The van der Waals surface area contributed by atoms with Gasteiger partial charge >= 0.3 is 0 Å². The first kappa shape index (κ1) is 21.2. The summed E-state index contributed by atoms with van der Waals surface area (Å²) in [5.41, 5.74) is 1.32. The van der Waals surface area contributed by atoms with E-state index in [1.807, 2.05) is 11.3 Å². The fourth-order valence-electron chi connectivity index (χ4n) is 4.44. The van der Waals surface area contributed by atoms with Gasteiger partial charge in [0.25, 0.3) is 0 Å². The van der Waals surface area contributed by atoms with Crippen LogP contribution in [0.15, 0.2) is 52.8 Å². The van der Waals surface area contributed by atoms with Gasteiger partial charge in [-0.15, -0.1) is 11.3 Å². The maximum absolute atomic E-state index is 4.96. The second-order valence-corrected chi connectivity index (χ2v) is 9.46. The zero-order chi connectivity index (χ0) is 20.6. The standard InChI is InChI=1S/C24H35N5S/c1-2-25-24(27-21-12-15-29(18-21)22-7-4-3-5-8-22)26-17-20-10-13-28(14-11-20)19-23-9-6-16-30-23/h3-9,16,20-21H,2,10-15,17-19H2,1H3,(H2,25,26,27). The number of hydrogen-bond donors (Lipinski definition) is 2. The summed E-state index contributed by atoms with van der Waals surface area (Å²) in [6.45, 7) is 9.60. The first-order chi connectivity index (χ1) is 14.8. The maximum atomic E-state index is 4.96. The summed E-state index contributed by atoms with van der Waals surface area (Å²) >= 11 is 1.87. The van der Waals surface area contributed by atoms with Gasteiger partial charge in [-0.3, -0.25) is 9.89 Å². The molecule has 1 unspecified atom stereocenters. The second kappa shape index (κ2) is 10.8. The van der Waals surface area contributed by atoms with Gasteiger partial charge < -0.3 is 15.5 Å². The summed E-state index contributed by atoms with van der Waals surface area (Å²) in [5, 5.41) is 9.31. The van der Waals surface area contributed by atoms with Crippen LogP contribution in [0.1, 0.15) is 31.1 Å². The Morgan fingerprint density at radius 3 is 2.63 bits per heavy atom. The highest BCUT2D eigenvalue weighted by atomic mass is 32.1. The van der Waals surface area contributed by atoms with Crippen LogP contribution in [0.25, 0.3) is 0 Å². The van der Waals surface area contributed by atoms with E-state index in [9.17, 15) is 0 Å². The molecule has 2 fully saturated rings. The van der Waals surface area contributed by atoms with E-state index >= 15 is 0 Å². The third kappa shape index (κ3) is 5.99. The highest BCUT2D eigenvalue weighted by Gasteiger charge is 2.24. The monoisotopic (exact) mass is 425 g/mol. The predicted molar refractivity (Wildman–Crippen MR) is 128 cm³/mol. The van der Waals surface area contributed by atoms with Crippen molar-refractivity contribution in [3.05, 3.63) is 52.7 Å². The molecule has 2 N–H and O–H groups in total. The van der Waals surface area contributed by atoms with Crippen LogP contribution in [0.5, 0.6) is 0 Å². The third-order valence-electron chi connectivity index (χ3n) is 6.17. The van der Waals surface area contributed by atoms with Crippen molar-refractivity contribution in [2.24, 2.45) is 10.9 Å². The normalized spacial score (nSPS) is 21.2. The molecule has 1 atom stereocenters. The number of nitrogens with one attached hydrogen (secondary N) is 2. The lowest BCUT2D eigenvalue weighted by Crippen LogP contribution is -2.45. The summed E-state index contributed by atoms with van der Waals surface area (Å²) in [6, 6.07) is 15.6. The molecule has 3 heterocycles. The number of aliphatic imine (C=N–C) groups is 1. The van der Waals surface area contributed by atoms with Gasteiger partial charge in [0.2, 0.25) is 0 Å². The van der Waals surface area contributed by atoms with Gasteiger partial charge in [-0.1, -0.05) is 24.3 Å². The van der Waals surface area contributed by atoms with Crippen LogP contribution in [0.3, 0.4) is 0 Å². The fourth-order valence-corrected chi connectivity index (χ4v) is 5.18. The molecular weight excluding hydrogens is 390 g/mol. The van der Waals surface area contributed by atoms with Crippen molar-refractivity contribution in [3.8, 4) is 0 Å². The van der Waals surface area contributed by atoms with Gasteiger partial charge in [-0.05, 0) is 68.8 Å². The Labute approximate surface area is 185 Å². The highest BCUT2D eigenvalue weighted by molar-refractivity contribution is 7.09. The fraction of sp³-hybridized carbons (Fsp3) is 0.542. The molecule has 0 bridgehead atoms. The summed E-state index contributed by atoms with van der Waals surface area (Å²) in [7, 11) is 0. The van der Waals surface area contributed by atoms with E-state index in [4.69, 9.17) is 4.99 Å². The van der Waals surface area contributed by atoms with Crippen molar-refractivity contribution < 1.29 is 0 Å². The topological polar surface area (TPSA) is 42.9 Å². The molecule has 1 aromatic carbocycles. The van der Waals surface area contributed by atoms with Gasteiger partial charge in [0.1, 0.15) is 0 Å². The summed E-state index contributed by atoms with van der Waals surface area (Å²) in [4.78, 5) is 11.5. The first-order valence-corrected chi connectivity index (χ1v) is 12.3. The van der Waals surface area contributed by atoms with Crippen LogP contribution in [0.2, 0.25) is 0 Å². The lowest BCUT2D eigenvalue weighted by molar-refractivity contribution is 0.182. The smallest absolute Gasteiger partial charge is 0.191 e. The molecule has 2 saturated heterocycles. The number of anilines is 1. The van der Waals surface area contributed by atoms with Crippen LogP contribution in [0, 0.1) is 5.92 Å². The highest BCUT2D eigenvalue weighted by Crippen LogP contribution is 2.22. The zero-order valence-electron chi connectivity index (χ0n) is 18.1. The van der Waals surface area contributed by atoms with Crippen molar-refractivity contribution in [2.75, 3.05) is 44.2 Å².